The van der Waals surface area contributed by atoms with Crippen molar-refractivity contribution in [1.29, 1.82) is 0 Å². The number of hydrogen-bond donors (Lipinski definition) is 1. The number of oxime groups is 1. The first-order chi connectivity index (χ1) is 7.20. The Morgan fingerprint density at radius 1 is 1.60 bits per heavy atom. The van der Waals surface area contributed by atoms with Crippen molar-refractivity contribution in [2.75, 3.05) is 6.61 Å². The molecule has 0 bridgehead atoms. The predicted molar refractivity (Wildman–Crippen MR) is 57.2 cm³/mol. The Bertz CT molecular complexity index is 408. The van der Waals surface area contributed by atoms with Crippen molar-refractivity contribution in [1.82, 2.24) is 0 Å². The molecule has 5 heteroatoms. The maximum atomic E-state index is 13.2. The molecule has 0 saturated carbocycles. The Morgan fingerprint density at radius 2 is 2.40 bits per heavy atom. The maximum absolute atomic E-state index is 13.2. The molecule has 1 aromatic carbocycles. The van der Waals surface area contributed by atoms with Gasteiger partial charge in [0.2, 0.25) is 0 Å². The van der Waals surface area contributed by atoms with Crippen molar-refractivity contribution in [3.8, 4) is 0 Å². The van der Waals surface area contributed by atoms with E-state index in [0.717, 1.165) is 0 Å². The van der Waals surface area contributed by atoms with Gasteiger partial charge in [0.1, 0.15) is 5.82 Å². The Morgan fingerprint density at radius 3 is 3.00 bits per heavy atom. The molecule has 0 saturated heterocycles. The fourth-order valence-corrected chi connectivity index (χ4v) is 1.62. The number of aliphatic hydroxyl groups excluding tert-OH is 1. The van der Waals surface area contributed by atoms with Crippen molar-refractivity contribution in [3.05, 3.63) is 34.1 Å². The van der Waals surface area contributed by atoms with Gasteiger partial charge >= 0.3 is 0 Å². The lowest BCUT2D eigenvalue weighted by molar-refractivity contribution is 0.0390. The summed E-state index contributed by atoms with van der Waals surface area (Å²) in [6, 6.07) is 4.78. The zero-order chi connectivity index (χ0) is 10.8. The van der Waals surface area contributed by atoms with Gasteiger partial charge < -0.3 is 9.94 Å². The molecular weight excluding hydrogens is 265 g/mol. The van der Waals surface area contributed by atoms with Crippen molar-refractivity contribution in [3.63, 3.8) is 0 Å². The zero-order valence-corrected chi connectivity index (χ0v) is 9.37. The second kappa shape index (κ2) is 4.28. The van der Waals surface area contributed by atoms with E-state index in [1.807, 2.05) is 0 Å². The van der Waals surface area contributed by atoms with Gasteiger partial charge in [0, 0.05) is 12.0 Å². The van der Waals surface area contributed by atoms with Crippen LogP contribution in [0.3, 0.4) is 0 Å². The number of aliphatic hydroxyl groups is 1. The summed E-state index contributed by atoms with van der Waals surface area (Å²) < 4.78 is 13.6. The molecule has 0 radical (unpaired) electrons. The second-order valence-electron chi connectivity index (χ2n) is 3.28. The molecule has 1 atom stereocenters. The van der Waals surface area contributed by atoms with Crippen LogP contribution in [0.4, 0.5) is 4.39 Å². The summed E-state index contributed by atoms with van der Waals surface area (Å²) in [5, 5.41) is 12.7. The number of hydrogen-bond acceptors (Lipinski definition) is 3. The second-order valence-corrected chi connectivity index (χ2v) is 4.14. The minimum atomic E-state index is -0.331. The van der Waals surface area contributed by atoms with Crippen molar-refractivity contribution in [2.45, 2.75) is 12.5 Å². The van der Waals surface area contributed by atoms with Crippen LogP contribution in [0.25, 0.3) is 0 Å². The van der Waals surface area contributed by atoms with Gasteiger partial charge in [-0.25, -0.2) is 4.39 Å². The van der Waals surface area contributed by atoms with Crippen LogP contribution in [0.1, 0.15) is 12.0 Å². The summed E-state index contributed by atoms with van der Waals surface area (Å²) in [7, 11) is 0. The van der Waals surface area contributed by atoms with E-state index in [0.29, 0.717) is 22.2 Å². The van der Waals surface area contributed by atoms with Gasteiger partial charge in [-0.15, -0.1) is 0 Å². The van der Waals surface area contributed by atoms with Gasteiger partial charge in [-0.2, -0.15) is 0 Å². The number of rotatable bonds is 2. The third kappa shape index (κ3) is 2.18. The fraction of sp³-hybridized carbons (Fsp3) is 0.300. The van der Waals surface area contributed by atoms with E-state index in [1.54, 1.807) is 12.1 Å². The molecule has 0 aromatic heterocycles. The highest BCUT2D eigenvalue weighted by molar-refractivity contribution is 9.10. The summed E-state index contributed by atoms with van der Waals surface area (Å²) in [6.45, 7) is -0.0774. The summed E-state index contributed by atoms with van der Waals surface area (Å²) >= 11 is 3.08. The minimum Gasteiger partial charge on any atom is -0.392 e. The minimum absolute atomic E-state index is 0.0774. The first-order valence-corrected chi connectivity index (χ1v) is 5.29. The molecule has 1 aliphatic heterocycles. The molecule has 0 fully saturated rings. The van der Waals surface area contributed by atoms with Crippen LogP contribution in [0.2, 0.25) is 0 Å². The SMILES string of the molecule is OC[C@@H]1CC(c2ccc(Br)c(F)c2)=NO1. The molecule has 0 spiro atoms. The van der Waals surface area contributed by atoms with E-state index in [2.05, 4.69) is 21.1 Å². The van der Waals surface area contributed by atoms with Crippen LogP contribution >= 0.6 is 15.9 Å². The van der Waals surface area contributed by atoms with Crippen molar-refractivity contribution < 1.29 is 14.3 Å². The van der Waals surface area contributed by atoms with E-state index < -0.39 is 0 Å². The Labute approximate surface area is 94.7 Å². The van der Waals surface area contributed by atoms with Gasteiger partial charge in [0.15, 0.2) is 6.10 Å². The molecule has 2 rings (SSSR count). The molecule has 1 aromatic rings. The van der Waals surface area contributed by atoms with Gasteiger partial charge in [-0.3, -0.25) is 0 Å². The van der Waals surface area contributed by atoms with Crippen LogP contribution in [0.15, 0.2) is 27.8 Å². The molecule has 0 unspecified atom stereocenters. The fourth-order valence-electron chi connectivity index (χ4n) is 1.37. The number of benzene rings is 1. The molecule has 80 valence electrons. The quantitative estimate of drug-likeness (QED) is 0.897. The average molecular weight is 274 g/mol. The van der Waals surface area contributed by atoms with Crippen LogP contribution < -0.4 is 0 Å². The molecule has 1 heterocycles. The van der Waals surface area contributed by atoms with E-state index >= 15 is 0 Å². The summed E-state index contributed by atoms with van der Waals surface area (Å²) in [4.78, 5) is 4.94. The lowest BCUT2D eigenvalue weighted by Crippen LogP contribution is -2.12. The van der Waals surface area contributed by atoms with Crippen LogP contribution in [0, 0.1) is 5.82 Å². The van der Waals surface area contributed by atoms with Crippen molar-refractivity contribution >= 4 is 21.6 Å². The van der Waals surface area contributed by atoms with Gasteiger partial charge in [-0.05, 0) is 28.1 Å². The Balaban J connectivity index is 2.21. The van der Waals surface area contributed by atoms with E-state index in [4.69, 9.17) is 9.94 Å². The zero-order valence-electron chi connectivity index (χ0n) is 7.78. The third-order valence-electron chi connectivity index (χ3n) is 2.19. The summed E-state index contributed by atoms with van der Waals surface area (Å²) in [6.07, 6.45) is 0.212. The lowest BCUT2D eigenvalue weighted by Gasteiger charge is -2.02. The normalized spacial score (nSPS) is 19.9. The summed E-state index contributed by atoms with van der Waals surface area (Å²) in [5.41, 5.74) is 1.35. The molecule has 0 aliphatic carbocycles. The van der Waals surface area contributed by atoms with Crippen LogP contribution in [-0.2, 0) is 4.84 Å². The smallest absolute Gasteiger partial charge is 0.156 e. The van der Waals surface area contributed by atoms with Crippen LogP contribution in [-0.4, -0.2) is 23.5 Å². The van der Waals surface area contributed by atoms with Gasteiger partial charge in [0.25, 0.3) is 0 Å². The van der Waals surface area contributed by atoms with Crippen molar-refractivity contribution in [2.24, 2.45) is 5.16 Å². The first-order valence-electron chi connectivity index (χ1n) is 4.49. The Kier molecular flexibility index (Phi) is 3.02. The molecular formula is C10H9BrFNO2. The molecule has 3 nitrogen and oxygen atoms in total. The summed E-state index contributed by atoms with van der Waals surface area (Å²) in [5.74, 6) is -0.331. The number of nitrogens with zero attached hydrogens (tertiary/aromatic N) is 1. The maximum Gasteiger partial charge on any atom is 0.156 e. The van der Waals surface area contributed by atoms with Crippen LogP contribution in [0.5, 0.6) is 0 Å². The molecule has 1 N–H and O–H groups in total. The highest BCUT2D eigenvalue weighted by Gasteiger charge is 2.21. The molecule has 0 amide bonds. The van der Waals surface area contributed by atoms with Gasteiger partial charge in [-0.1, -0.05) is 11.2 Å². The lowest BCUT2D eigenvalue weighted by atomic mass is 10.1. The highest BCUT2D eigenvalue weighted by Crippen LogP contribution is 2.21. The standard InChI is InChI=1S/C10H9BrFNO2/c11-8-2-1-6(3-9(8)12)10-4-7(5-14)15-13-10/h1-3,7,14H,4-5H2/t7-/m0/s1. The van der Waals surface area contributed by atoms with Gasteiger partial charge in [0.05, 0.1) is 16.8 Å². The molecule has 1 aliphatic rings. The molecule has 15 heavy (non-hydrogen) atoms. The Hall–Kier alpha value is -0.940. The number of halogens is 2. The average Bonchev–Trinajstić information content (AvgIpc) is 2.70. The van der Waals surface area contributed by atoms with E-state index in [-0.39, 0.29) is 18.5 Å². The predicted octanol–water partition coefficient (Wildman–Crippen LogP) is 2.07. The topological polar surface area (TPSA) is 41.8 Å². The van der Waals surface area contributed by atoms with E-state index in [9.17, 15) is 4.39 Å². The largest absolute Gasteiger partial charge is 0.392 e. The van der Waals surface area contributed by atoms with E-state index in [1.165, 1.54) is 6.07 Å². The monoisotopic (exact) mass is 273 g/mol. The third-order valence-corrected chi connectivity index (χ3v) is 2.83. The highest BCUT2D eigenvalue weighted by atomic mass is 79.9. The first kappa shape index (κ1) is 10.6.